The molecule has 0 rings (SSSR count). The predicted molar refractivity (Wildman–Crippen MR) is 36.8 cm³/mol. The maximum atomic E-state index is 9.60. The second-order valence-electron chi connectivity index (χ2n) is 1.97. The number of hydrogen-bond acceptors (Lipinski definition) is 3. The van der Waals surface area contributed by atoms with Crippen LogP contribution < -0.4 is 0 Å². The largest absolute Gasteiger partial charge is 0.314 e. The van der Waals surface area contributed by atoms with Crippen LogP contribution in [-0.4, -0.2) is 11.7 Å². The molecule has 0 aromatic rings. The molecule has 0 amide bonds. The molecule has 59 valence electrons. The minimum Gasteiger partial charge on any atom is -0.314 e. The SMILES string of the molecule is [CH2]CCCCCO[N+](=O)[O-]. The molecule has 0 atom stereocenters. The average molecular weight is 146 g/mol. The van der Waals surface area contributed by atoms with Crippen LogP contribution in [0.15, 0.2) is 0 Å². The van der Waals surface area contributed by atoms with Crippen molar-refractivity contribution >= 4 is 0 Å². The number of hydrogen-bond donors (Lipinski definition) is 0. The van der Waals surface area contributed by atoms with Gasteiger partial charge in [0.25, 0.3) is 5.09 Å². The third-order valence-corrected chi connectivity index (χ3v) is 1.09. The van der Waals surface area contributed by atoms with Crippen molar-refractivity contribution in [2.24, 2.45) is 0 Å². The smallest absolute Gasteiger partial charge is 0.294 e. The third kappa shape index (κ3) is 7.20. The molecule has 0 fully saturated rings. The molecule has 0 aromatic carbocycles. The fraction of sp³-hybridized carbons (Fsp3) is 0.833. The molecule has 0 aliphatic rings. The van der Waals surface area contributed by atoms with Crippen molar-refractivity contribution in [1.29, 1.82) is 0 Å². The predicted octanol–water partition coefficient (Wildman–Crippen LogP) is 1.59. The zero-order valence-electron chi connectivity index (χ0n) is 5.91. The molecule has 0 heterocycles. The Bertz CT molecular complexity index is 95.0. The van der Waals surface area contributed by atoms with E-state index in [1.54, 1.807) is 0 Å². The summed E-state index contributed by atoms with van der Waals surface area (Å²) in [6.07, 6.45) is 3.60. The summed E-state index contributed by atoms with van der Waals surface area (Å²) in [5.41, 5.74) is 0. The van der Waals surface area contributed by atoms with E-state index < -0.39 is 5.09 Å². The van der Waals surface area contributed by atoms with Gasteiger partial charge in [0.1, 0.15) is 0 Å². The lowest BCUT2D eigenvalue weighted by Gasteiger charge is -1.96. The number of unbranched alkanes of at least 4 members (excludes halogenated alkanes) is 3. The lowest BCUT2D eigenvalue weighted by atomic mass is 10.2. The van der Waals surface area contributed by atoms with E-state index in [1.807, 2.05) is 0 Å². The quantitative estimate of drug-likeness (QED) is 0.325. The van der Waals surface area contributed by atoms with Crippen molar-refractivity contribution in [3.63, 3.8) is 0 Å². The highest BCUT2D eigenvalue weighted by Crippen LogP contribution is 1.98. The summed E-state index contributed by atoms with van der Waals surface area (Å²) < 4.78 is 0. The second-order valence-corrected chi connectivity index (χ2v) is 1.97. The molecule has 0 aliphatic carbocycles. The van der Waals surface area contributed by atoms with Crippen LogP contribution in [0, 0.1) is 17.0 Å². The van der Waals surface area contributed by atoms with E-state index >= 15 is 0 Å². The van der Waals surface area contributed by atoms with Crippen LogP contribution in [0.25, 0.3) is 0 Å². The van der Waals surface area contributed by atoms with E-state index in [2.05, 4.69) is 11.8 Å². The Morgan fingerprint density at radius 3 is 2.60 bits per heavy atom. The Balaban J connectivity index is 2.84. The standard InChI is InChI=1S/C6H12NO3/c1-2-3-4-5-6-10-7(8)9/h1-6H2. The van der Waals surface area contributed by atoms with Gasteiger partial charge in [-0.3, -0.25) is 0 Å². The first-order valence-corrected chi connectivity index (χ1v) is 3.34. The Labute approximate surface area is 60.3 Å². The van der Waals surface area contributed by atoms with Gasteiger partial charge in [-0.25, -0.2) is 0 Å². The van der Waals surface area contributed by atoms with Gasteiger partial charge in [0.15, 0.2) is 0 Å². The van der Waals surface area contributed by atoms with Crippen molar-refractivity contribution in [1.82, 2.24) is 0 Å². The summed E-state index contributed by atoms with van der Waals surface area (Å²) in [7, 11) is 0. The van der Waals surface area contributed by atoms with Crippen LogP contribution in [0.1, 0.15) is 25.7 Å². The Hall–Kier alpha value is -0.800. The first-order valence-electron chi connectivity index (χ1n) is 3.34. The van der Waals surface area contributed by atoms with Gasteiger partial charge >= 0.3 is 0 Å². The molecular weight excluding hydrogens is 134 g/mol. The van der Waals surface area contributed by atoms with Gasteiger partial charge in [0, 0.05) is 0 Å². The van der Waals surface area contributed by atoms with Gasteiger partial charge in [0.2, 0.25) is 0 Å². The summed E-state index contributed by atoms with van der Waals surface area (Å²) in [4.78, 5) is 13.7. The van der Waals surface area contributed by atoms with Gasteiger partial charge in [-0.15, -0.1) is 10.1 Å². The fourth-order valence-electron chi connectivity index (χ4n) is 0.595. The molecule has 0 spiro atoms. The zero-order valence-corrected chi connectivity index (χ0v) is 5.91. The number of nitrogens with zero attached hydrogens (tertiary/aromatic N) is 1. The Kier molecular flexibility index (Phi) is 5.82. The summed E-state index contributed by atoms with van der Waals surface area (Å²) in [6.45, 7) is 3.86. The van der Waals surface area contributed by atoms with E-state index in [9.17, 15) is 10.1 Å². The van der Waals surface area contributed by atoms with Gasteiger partial charge < -0.3 is 4.84 Å². The highest BCUT2D eigenvalue weighted by molar-refractivity contribution is 4.42. The molecule has 0 aromatic heterocycles. The normalized spacial score (nSPS) is 9.30. The van der Waals surface area contributed by atoms with Gasteiger partial charge in [0.05, 0.1) is 6.61 Å². The van der Waals surface area contributed by atoms with Crippen LogP contribution in [0.3, 0.4) is 0 Å². The van der Waals surface area contributed by atoms with Crippen LogP contribution >= 0.6 is 0 Å². The van der Waals surface area contributed by atoms with E-state index in [1.165, 1.54) is 0 Å². The highest BCUT2D eigenvalue weighted by atomic mass is 16.9. The first kappa shape index (κ1) is 9.20. The maximum Gasteiger partial charge on any atom is 0.294 e. The first-order chi connectivity index (χ1) is 4.77. The molecule has 4 heteroatoms. The van der Waals surface area contributed by atoms with Crippen LogP contribution in [0.2, 0.25) is 0 Å². The molecule has 0 saturated carbocycles. The number of rotatable bonds is 6. The lowest BCUT2D eigenvalue weighted by molar-refractivity contribution is -0.757. The monoisotopic (exact) mass is 146 g/mol. The molecular formula is C6H12NO3. The van der Waals surface area contributed by atoms with Crippen molar-refractivity contribution in [2.75, 3.05) is 6.61 Å². The Morgan fingerprint density at radius 1 is 1.40 bits per heavy atom. The average Bonchev–Trinajstić information content (AvgIpc) is 1.87. The highest BCUT2D eigenvalue weighted by Gasteiger charge is 1.92. The van der Waals surface area contributed by atoms with Gasteiger partial charge in [-0.1, -0.05) is 26.2 Å². The lowest BCUT2D eigenvalue weighted by Crippen LogP contribution is -2.01. The summed E-state index contributed by atoms with van der Waals surface area (Å²) in [5, 5.41) is 8.84. The fourth-order valence-corrected chi connectivity index (χ4v) is 0.595. The van der Waals surface area contributed by atoms with Gasteiger partial charge in [-0.2, -0.15) is 0 Å². The van der Waals surface area contributed by atoms with E-state index in [0.29, 0.717) is 0 Å². The molecule has 0 saturated heterocycles. The summed E-state index contributed by atoms with van der Waals surface area (Å²) in [6, 6.07) is 0. The van der Waals surface area contributed by atoms with Gasteiger partial charge in [-0.05, 0) is 6.42 Å². The molecule has 0 bridgehead atoms. The van der Waals surface area contributed by atoms with Crippen molar-refractivity contribution in [3.05, 3.63) is 17.0 Å². The minimum absolute atomic E-state index is 0.215. The molecule has 4 nitrogen and oxygen atoms in total. The summed E-state index contributed by atoms with van der Waals surface area (Å²) in [5.74, 6) is 0. The second kappa shape index (κ2) is 6.32. The van der Waals surface area contributed by atoms with Crippen LogP contribution in [0.5, 0.6) is 0 Å². The minimum atomic E-state index is -0.760. The third-order valence-electron chi connectivity index (χ3n) is 1.09. The van der Waals surface area contributed by atoms with E-state index in [4.69, 9.17) is 0 Å². The molecule has 0 unspecified atom stereocenters. The molecule has 1 radical (unpaired) electrons. The van der Waals surface area contributed by atoms with Crippen molar-refractivity contribution < 1.29 is 9.92 Å². The molecule has 0 N–H and O–H groups in total. The summed E-state index contributed by atoms with van der Waals surface area (Å²) >= 11 is 0. The topological polar surface area (TPSA) is 52.4 Å². The van der Waals surface area contributed by atoms with Crippen molar-refractivity contribution in [2.45, 2.75) is 25.7 Å². The zero-order chi connectivity index (χ0) is 7.82. The Morgan fingerprint density at radius 2 is 2.10 bits per heavy atom. The maximum absolute atomic E-state index is 9.60. The molecule has 10 heavy (non-hydrogen) atoms. The van der Waals surface area contributed by atoms with Crippen LogP contribution in [0.4, 0.5) is 0 Å². The molecule has 0 aliphatic heterocycles. The van der Waals surface area contributed by atoms with Crippen LogP contribution in [-0.2, 0) is 4.84 Å². The van der Waals surface area contributed by atoms with E-state index in [0.717, 1.165) is 25.7 Å². The van der Waals surface area contributed by atoms with E-state index in [-0.39, 0.29) is 6.61 Å². The van der Waals surface area contributed by atoms with Crippen molar-refractivity contribution in [3.8, 4) is 0 Å².